The Labute approximate surface area is 135 Å². The van der Waals surface area contributed by atoms with E-state index in [0.29, 0.717) is 4.47 Å². The summed E-state index contributed by atoms with van der Waals surface area (Å²) in [5.74, 6) is -0.982. The van der Waals surface area contributed by atoms with Gasteiger partial charge in [0.15, 0.2) is 9.84 Å². The molecule has 0 aliphatic rings. The molecule has 0 atom stereocenters. The summed E-state index contributed by atoms with van der Waals surface area (Å²) in [4.78, 5) is 12.9. The zero-order chi connectivity index (χ0) is 15.6. The summed E-state index contributed by atoms with van der Waals surface area (Å²) in [7, 11) is -3.20. The fraction of sp³-hybridized carbons (Fsp3) is 0.0714. The van der Waals surface area contributed by atoms with Crippen molar-refractivity contribution >= 4 is 43.5 Å². The number of sulfone groups is 1. The molecule has 4 nitrogen and oxygen atoms in total. The van der Waals surface area contributed by atoms with E-state index in [1.807, 2.05) is 0 Å². The molecule has 0 spiro atoms. The second-order valence-corrected chi connectivity index (χ2v) is 8.28. The van der Waals surface area contributed by atoms with Crippen molar-refractivity contribution in [1.29, 1.82) is 0 Å². The lowest BCUT2D eigenvalue weighted by Crippen LogP contribution is -1.96. The SMILES string of the molecule is CS(=O)(=O)c1ccc(Sc2ccc(C(=O)O)cc2Br)cc1. The molecule has 0 aliphatic heterocycles. The minimum atomic E-state index is -3.20. The standard InChI is InChI=1S/C14H11BrO4S2/c1-21(18,19)11-5-3-10(4-6-11)20-13-7-2-9(14(16)17)8-12(13)15/h2-8H,1H3,(H,16,17). The zero-order valence-corrected chi connectivity index (χ0v) is 14.1. The molecule has 2 rings (SSSR count). The minimum absolute atomic E-state index is 0.207. The Kier molecular flexibility index (Phi) is 4.75. The zero-order valence-electron chi connectivity index (χ0n) is 10.9. The first kappa shape index (κ1) is 16.1. The number of rotatable bonds is 4. The van der Waals surface area contributed by atoms with Gasteiger partial charge < -0.3 is 5.11 Å². The summed E-state index contributed by atoms with van der Waals surface area (Å²) in [5, 5.41) is 8.91. The van der Waals surface area contributed by atoms with Gasteiger partial charge in [-0.25, -0.2) is 13.2 Å². The van der Waals surface area contributed by atoms with Crippen molar-refractivity contribution in [3.63, 3.8) is 0 Å². The molecule has 1 N–H and O–H groups in total. The Balaban J connectivity index is 2.24. The highest BCUT2D eigenvalue weighted by molar-refractivity contribution is 9.10. The van der Waals surface area contributed by atoms with E-state index in [9.17, 15) is 13.2 Å². The molecule has 110 valence electrons. The van der Waals surface area contributed by atoms with Crippen LogP contribution in [0.25, 0.3) is 0 Å². The van der Waals surface area contributed by atoms with Crippen LogP contribution < -0.4 is 0 Å². The van der Waals surface area contributed by atoms with Crippen LogP contribution in [-0.2, 0) is 9.84 Å². The third-order valence-corrected chi connectivity index (χ3v) is 5.79. The predicted octanol–water partition coefficient (Wildman–Crippen LogP) is 3.70. The lowest BCUT2D eigenvalue weighted by molar-refractivity contribution is 0.0696. The summed E-state index contributed by atoms with van der Waals surface area (Å²) < 4.78 is 23.5. The topological polar surface area (TPSA) is 71.4 Å². The summed E-state index contributed by atoms with van der Waals surface area (Å²) in [6.07, 6.45) is 1.16. The van der Waals surface area contributed by atoms with Gasteiger partial charge in [0.1, 0.15) is 0 Å². The van der Waals surface area contributed by atoms with Gasteiger partial charge in [0.25, 0.3) is 0 Å². The van der Waals surface area contributed by atoms with Crippen molar-refractivity contribution in [2.75, 3.05) is 6.26 Å². The van der Waals surface area contributed by atoms with Crippen molar-refractivity contribution in [3.8, 4) is 0 Å². The molecule has 2 aromatic carbocycles. The third kappa shape index (κ3) is 4.09. The summed E-state index contributed by atoms with van der Waals surface area (Å²) in [6, 6.07) is 11.3. The number of carbonyl (C=O) groups is 1. The molecule has 0 radical (unpaired) electrons. The molecule has 0 fully saturated rings. The van der Waals surface area contributed by atoms with E-state index < -0.39 is 15.8 Å². The first-order valence-corrected chi connectivity index (χ1v) is 9.28. The summed E-state index contributed by atoms with van der Waals surface area (Å²) in [6.45, 7) is 0. The molecule has 0 unspecified atom stereocenters. The van der Waals surface area contributed by atoms with Crippen molar-refractivity contribution in [3.05, 3.63) is 52.5 Å². The molecular weight excluding hydrogens is 376 g/mol. The van der Waals surface area contributed by atoms with Gasteiger partial charge in [0.2, 0.25) is 0 Å². The molecular formula is C14H11BrO4S2. The molecule has 7 heteroatoms. The van der Waals surface area contributed by atoms with E-state index in [-0.39, 0.29) is 10.5 Å². The molecule has 0 bridgehead atoms. The Morgan fingerprint density at radius 2 is 1.76 bits per heavy atom. The van der Waals surface area contributed by atoms with Crippen LogP contribution in [0.1, 0.15) is 10.4 Å². The van der Waals surface area contributed by atoms with E-state index in [1.165, 1.54) is 23.9 Å². The van der Waals surface area contributed by atoms with E-state index in [1.54, 1.807) is 30.3 Å². The first-order chi connectivity index (χ1) is 9.77. The minimum Gasteiger partial charge on any atom is -0.478 e. The Hall–Kier alpha value is -1.31. The third-order valence-electron chi connectivity index (χ3n) is 2.66. The van der Waals surface area contributed by atoms with Crippen LogP contribution >= 0.6 is 27.7 Å². The van der Waals surface area contributed by atoms with E-state index in [4.69, 9.17) is 5.11 Å². The Morgan fingerprint density at radius 3 is 2.24 bits per heavy atom. The van der Waals surface area contributed by atoms with Gasteiger partial charge >= 0.3 is 5.97 Å². The van der Waals surface area contributed by atoms with Crippen LogP contribution in [0.15, 0.2) is 61.6 Å². The maximum atomic E-state index is 11.4. The highest BCUT2D eigenvalue weighted by atomic mass is 79.9. The van der Waals surface area contributed by atoms with Crippen LogP contribution in [0.3, 0.4) is 0 Å². The molecule has 0 saturated heterocycles. The normalized spacial score (nSPS) is 11.3. The van der Waals surface area contributed by atoms with Crippen molar-refractivity contribution < 1.29 is 18.3 Å². The highest BCUT2D eigenvalue weighted by Crippen LogP contribution is 2.34. The first-order valence-electron chi connectivity index (χ1n) is 5.78. The maximum Gasteiger partial charge on any atom is 0.335 e. The molecule has 0 heterocycles. The smallest absolute Gasteiger partial charge is 0.335 e. The molecule has 21 heavy (non-hydrogen) atoms. The molecule has 2 aromatic rings. The highest BCUT2D eigenvalue weighted by Gasteiger charge is 2.09. The average Bonchev–Trinajstić information content (AvgIpc) is 2.40. The van der Waals surface area contributed by atoms with Crippen LogP contribution in [0, 0.1) is 0 Å². The number of aromatic carboxylic acids is 1. The largest absolute Gasteiger partial charge is 0.478 e. The monoisotopic (exact) mass is 386 g/mol. The van der Waals surface area contributed by atoms with Gasteiger partial charge in [0, 0.05) is 20.5 Å². The number of hydrogen-bond acceptors (Lipinski definition) is 4. The molecule has 0 amide bonds. The van der Waals surface area contributed by atoms with Gasteiger partial charge in [-0.3, -0.25) is 0 Å². The summed E-state index contributed by atoms with van der Waals surface area (Å²) >= 11 is 4.76. The number of halogens is 1. The Morgan fingerprint density at radius 1 is 1.14 bits per heavy atom. The van der Waals surface area contributed by atoms with Crippen LogP contribution in [0.5, 0.6) is 0 Å². The van der Waals surface area contributed by atoms with Crippen molar-refractivity contribution in [2.24, 2.45) is 0 Å². The quantitative estimate of drug-likeness (QED) is 0.866. The second kappa shape index (κ2) is 6.21. The number of benzene rings is 2. The fourth-order valence-electron chi connectivity index (χ4n) is 1.60. The van der Waals surface area contributed by atoms with Gasteiger partial charge in [-0.2, -0.15) is 0 Å². The van der Waals surface area contributed by atoms with Crippen LogP contribution in [0.4, 0.5) is 0 Å². The second-order valence-electron chi connectivity index (χ2n) is 4.30. The van der Waals surface area contributed by atoms with Gasteiger partial charge in [0.05, 0.1) is 10.5 Å². The van der Waals surface area contributed by atoms with Gasteiger partial charge in [-0.05, 0) is 58.4 Å². The van der Waals surface area contributed by atoms with Gasteiger partial charge in [-0.15, -0.1) is 0 Å². The molecule has 0 aliphatic carbocycles. The van der Waals surface area contributed by atoms with E-state index >= 15 is 0 Å². The lowest BCUT2D eigenvalue weighted by atomic mass is 10.2. The predicted molar refractivity (Wildman–Crippen MR) is 84.8 cm³/mol. The summed E-state index contributed by atoms with van der Waals surface area (Å²) in [5.41, 5.74) is 0.207. The van der Waals surface area contributed by atoms with Crippen LogP contribution in [-0.4, -0.2) is 25.7 Å². The average molecular weight is 387 g/mol. The molecule has 0 aromatic heterocycles. The Bertz CT molecular complexity index is 783. The van der Waals surface area contributed by atoms with Gasteiger partial charge in [-0.1, -0.05) is 11.8 Å². The van der Waals surface area contributed by atoms with Crippen LogP contribution in [0.2, 0.25) is 0 Å². The lowest BCUT2D eigenvalue weighted by Gasteiger charge is -2.06. The number of carboxylic acids is 1. The molecule has 0 saturated carbocycles. The van der Waals surface area contributed by atoms with Crippen molar-refractivity contribution in [1.82, 2.24) is 0 Å². The number of carboxylic acid groups (broad SMARTS) is 1. The van der Waals surface area contributed by atoms with Crippen molar-refractivity contribution in [2.45, 2.75) is 14.7 Å². The number of hydrogen-bond donors (Lipinski definition) is 1. The van der Waals surface area contributed by atoms with E-state index in [2.05, 4.69) is 15.9 Å². The van der Waals surface area contributed by atoms with E-state index in [0.717, 1.165) is 16.0 Å². The maximum absolute atomic E-state index is 11.4. The fourth-order valence-corrected chi connectivity index (χ4v) is 3.67.